The molecule has 0 spiro atoms. The first-order valence-corrected chi connectivity index (χ1v) is 7.00. The Labute approximate surface area is 127 Å². The summed E-state index contributed by atoms with van der Waals surface area (Å²) in [7, 11) is 0. The number of hydrogen-bond donors (Lipinski definition) is 1. The zero-order valence-electron chi connectivity index (χ0n) is 10.6. The molecule has 0 saturated carbocycles. The number of aromatic nitrogens is 1. The van der Waals surface area contributed by atoms with E-state index in [4.69, 9.17) is 23.2 Å². The Balaban J connectivity index is 1.85. The monoisotopic (exact) mass is 302 g/mol. The van der Waals surface area contributed by atoms with Gasteiger partial charge in [0.05, 0.1) is 10.0 Å². The Hall–Kier alpha value is -1.77. The molecule has 0 saturated heterocycles. The van der Waals surface area contributed by atoms with Crippen LogP contribution in [0.2, 0.25) is 10.0 Å². The van der Waals surface area contributed by atoms with Gasteiger partial charge in [-0.25, -0.2) is 0 Å². The van der Waals surface area contributed by atoms with Gasteiger partial charge in [-0.1, -0.05) is 41.4 Å². The van der Waals surface area contributed by atoms with E-state index in [0.717, 1.165) is 16.6 Å². The molecule has 2 aromatic carbocycles. The van der Waals surface area contributed by atoms with Crippen molar-refractivity contribution in [2.45, 2.75) is 6.54 Å². The number of halogens is 2. The van der Waals surface area contributed by atoms with Gasteiger partial charge in [-0.15, -0.1) is 0 Å². The summed E-state index contributed by atoms with van der Waals surface area (Å²) < 4.78 is 0. The van der Waals surface area contributed by atoms with Crippen molar-refractivity contribution in [2.75, 3.05) is 5.32 Å². The van der Waals surface area contributed by atoms with E-state index in [9.17, 15) is 0 Å². The highest BCUT2D eigenvalue weighted by atomic mass is 35.5. The molecule has 4 heteroatoms. The van der Waals surface area contributed by atoms with Gasteiger partial charge < -0.3 is 5.32 Å². The molecule has 0 unspecified atom stereocenters. The quantitative estimate of drug-likeness (QED) is 0.723. The van der Waals surface area contributed by atoms with E-state index in [1.165, 1.54) is 5.39 Å². The Kier molecular flexibility index (Phi) is 3.77. The van der Waals surface area contributed by atoms with Crippen molar-refractivity contribution in [3.8, 4) is 0 Å². The van der Waals surface area contributed by atoms with E-state index in [2.05, 4.69) is 16.4 Å². The van der Waals surface area contributed by atoms with Crippen LogP contribution in [0.3, 0.4) is 0 Å². The maximum atomic E-state index is 6.02. The summed E-state index contributed by atoms with van der Waals surface area (Å²) in [5, 5.41) is 6.83. The van der Waals surface area contributed by atoms with E-state index in [-0.39, 0.29) is 0 Å². The van der Waals surface area contributed by atoms with Gasteiger partial charge in [0.15, 0.2) is 0 Å². The van der Waals surface area contributed by atoms with Crippen molar-refractivity contribution in [3.05, 3.63) is 70.5 Å². The molecule has 0 fully saturated rings. The van der Waals surface area contributed by atoms with Crippen LogP contribution in [-0.4, -0.2) is 4.98 Å². The van der Waals surface area contributed by atoms with Crippen molar-refractivity contribution in [1.29, 1.82) is 0 Å². The molecule has 0 aliphatic rings. The van der Waals surface area contributed by atoms with Gasteiger partial charge in [0.2, 0.25) is 0 Å². The van der Waals surface area contributed by atoms with Crippen LogP contribution in [0, 0.1) is 0 Å². The number of nitrogens with zero attached hydrogens (tertiary/aromatic N) is 1. The minimum atomic E-state index is 0.574. The van der Waals surface area contributed by atoms with Gasteiger partial charge in [-0.2, -0.15) is 0 Å². The Morgan fingerprint density at radius 3 is 2.75 bits per heavy atom. The number of anilines is 1. The Bertz CT molecular complexity index is 751. The summed E-state index contributed by atoms with van der Waals surface area (Å²) in [6.45, 7) is 0.685. The number of pyridine rings is 1. The van der Waals surface area contributed by atoms with E-state index in [1.54, 1.807) is 6.20 Å². The number of fused-ring (bicyclic) bond motifs is 1. The van der Waals surface area contributed by atoms with Crippen molar-refractivity contribution in [1.82, 2.24) is 4.98 Å². The van der Waals surface area contributed by atoms with Gasteiger partial charge in [-0.05, 0) is 35.2 Å². The smallest absolute Gasteiger partial charge is 0.0595 e. The molecule has 1 heterocycles. The SMILES string of the molecule is Clc1ccc(CNc2cccc3ccncc23)cc1Cl. The average Bonchev–Trinajstić information content (AvgIpc) is 2.48. The van der Waals surface area contributed by atoms with Gasteiger partial charge in [0.25, 0.3) is 0 Å². The van der Waals surface area contributed by atoms with E-state index < -0.39 is 0 Å². The molecule has 1 aromatic heterocycles. The van der Waals surface area contributed by atoms with E-state index in [1.807, 2.05) is 42.6 Å². The number of nitrogens with one attached hydrogen (secondary N) is 1. The fourth-order valence-electron chi connectivity index (χ4n) is 2.11. The second kappa shape index (κ2) is 5.70. The Morgan fingerprint density at radius 1 is 1.00 bits per heavy atom. The molecule has 3 aromatic rings. The molecular weight excluding hydrogens is 291 g/mol. The summed E-state index contributed by atoms with van der Waals surface area (Å²) in [6.07, 6.45) is 3.66. The van der Waals surface area contributed by atoms with Crippen LogP contribution in [0.15, 0.2) is 54.9 Å². The lowest BCUT2D eigenvalue weighted by Gasteiger charge is -2.10. The molecule has 0 aliphatic carbocycles. The summed E-state index contributed by atoms with van der Waals surface area (Å²) in [5.74, 6) is 0. The van der Waals surface area contributed by atoms with Gasteiger partial charge in [0, 0.05) is 30.0 Å². The van der Waals surface area contributed by atoms with Crippen molar-refractivity contribution >= 4 is 39.7 Å². The van der Waals surface area contributed by atoms with Crippen LogP contribution < -0.4 is 5.32 Å². The largest absolute Gasteiger partial charge is 0.380 e. The van der Waals surface area contributed by atoms with Gasteiger partial charge >= 0.3 is 0 Å². The molecule has 0 amide bonds. The lowest BCUT2D eigenvalue weighted by atomic mass is 10.1. The molecule has 0 bridgehead atoms. The third-order valence-corrected chi connectivity index (χ3v) is 3.89. The van der Waals surface area contributed by atoms with Crippen molar-refractivity contribution < 1.29 is 0 Å². The molecule has 100 valence electrons. The number of benzene rings is 2. The van der Waals surface area contributed by atoms with Crippen LogP contribution in [0.1, 0.15) is 5.56 Å². The zero-order valence-corrected chi connectivity index (χ0v) is 12.1. The molecule has 1 N–H and O–H groups in total. The topological polar surface area (TPSA) is 24.9 Å². The normalized spacial score (nSPS) is 10.7. The molecule has 2 nitrogen and oxygen atoms in total. The van der Waals surface area contributed by atoms with Crippen LogP contribution in [0.4, 0.5) is 5.69 Å². The summed E-state index contributed by atoms with van der Waals surface area (Å²) in [4.78, 5) is 4.18. The fraction of sp³-hybridized carbons (Fsp3) is 0.0625. The van der Waals surface area contributed by atoms with Gasteiger partial charge in [0.1, 0.15) is 0 Å². The fourth-order valence-corrected chi connectivity index (χ4v) is 2.44. The Morgan fingerprint density at radius 2 is 1.90 bits per heavy atom. The second-order valence-corrected chi connectivity index (χ2v) is 5.32. The predicted molar refractivity (Wildman–Crippen MR) is 85.5 cm³/mol. The van der Waals surface area contributed by atoms with Crippen molar-refractivity contribution in [2.24, 2.45) is 0 Å². The highest BCUT2D eigenvalue weighted by molar-refractivity contribution is 6.42. The van der Waals surface area contributed by atoms with Crippen LogP contribution in [-0.2, 0) is 6.54 Å². The molecule has 20 heavy (non-hydrogen) atoms. The van der Waals surface area contributed by atoms with Gasteiger partial charge in [-0.3, -0.25) is 4.98 Å². The van der Waals surface area contributed by atoms with E-state index in [0.29, 0.717) is 16.6 Å². The van der Waals surface area contributed by atoms with E-state index >= 15 is 0 Å². The highest BCUT2D eigenvalue weighted by Crippen LogP contribution is 2.25. The minimum absolute atomic E-state index is 0.574. The molecule has 0 aliphatic heterocycles. The molecule has 0 atom stereocenters. The first kappa shape index (κ1) is 13.2. The summed E-state index contributed by atoms with van der Waals surface area (Å²) in [6, 6.07) is 13.8. The first-order chi connectivity index (χ1) is 9.74. The molecule has 3 rings (SSSR count). The predicted octanol–water partition coefficient (Wildman–Crippen LogP) is 5.15. The number of hydrogen-bond acceptors (Lipinski definition) is 2. The molecular formula is C16H12Cl2N2. The second-order valence-electron chi connectivity index (χ2n) is 4.50. The minimum Gasteiger partial charge on any atom is -0.380 e. The molecule has 0 radical (unpaired) electrons. The number of rotatable bonds is 3. The summed E-state index contributed by atoms with van der Waals surface area (Å²) in [5.41, 5.74) is 2.14. The van der Waals surface area contributed by atoms with Crippen LogP contribution >= 0.6 is 23.2 Å². The lowest BCUT2D eigenvalue weighted by Crippen LogP contribution is -2.00. The maximum absolute atomic E-state index is 6.02. The third kappa shape index (κ3) is 2.72. The third-order valence-electron chi connectivity index (χ3n) is 3.15. The average molecular weight is 303 g/mol. The lowest BCUT2D eigenvalue weighted by molar-refractivity contribution is 1.15. The van der Waals surface area contributed by atoms with Crippen LogP contribution in [0.25, 0.3) is 10.8 Å². The van der Waals surface area contributed by atoms with Crippen molar-refractivity contribution in [3.63, 3.8) is 0 Å². The standard InChI is InChI=1S/C16H12Cl2N2/c17-14-5-4-11(8-15(14)18)9-20-16-3-1-2-12-6-7-19-10-13(12)16/h1-8,10,20H,9H2. The highest BCUT2D eigenvalue weighted by Gasteiger charge is 2.02. The van der Waals surface area contributed by atoms with Crippen LogP contribution in [0.5, 0.6) is 0 Å². The zero-order chi connectivity index (χ0) is 13.9. The summed E-state index contributed by atoms with van der Waals surface area (Å²) >= 11 is 11.9. The maximum Gasteiger partial charge on any atom is 0.0595 e. The first-order valence-electron chi connectivity index (χ1n) is 6.24.